The molecule has 9 heteroatoms. The Morgan fingerprint density at radius 3 is 2.28 bits per heavy atom. The molecule has 0 fully saturated rings. The Balaban J connectivity index is 2.47. The van der Waals surface area contributed by atoms with Gasteiger partial charge in [-0.3, -0.25) is 0 Å². The van der Waals surface area contributed by atoms with Crippen LogP contribution in [-0.4, -0.2) is 11.7 Å². The molecule has 2 N–H and O–H groups in total. The third kappa shape index (κ3) is 4.60. The summed E-state index contributed by atoms with van der Waals surface area (Å²) in [6, 6.07) is 4.78. The second kappa shape index (κ2) is 7.26. The number of rotatable bonds is 4. The van der Waals surface area contributed by atoms with Gasteiger partial charge < -0.3 is 10.5 Å². The van der Waals surface area contributed by atoms with Gasteiger partial charge in [-0.15, -0.1) is 11.6 Å². The summed E-state index contributed by atoms with van der Waals surface area (Å²) in [6.45, 7) is 1.74. The Hall–Kier alpha value is -2.35. The van der Waals surface area contributed by atoms with Crippen molar-refractivity contribution < 1.29 is 26.7 Å². The Morgan fingerprint density at radius 2 is 1.76 bits per heavy atom. The third-order valence-electron chi connectivity index (χ3n) is 3.05. The van der Waals surface area contributed by atoms with Crippen LogP contribution in [0.15, 0.2) is 35.3 Å². The van der Waals surface area contributed by atoms with Gasteiger partial charge in [-0.05, 0) is 36.8 Å². The van der Waals surface area contributed by atoms with Crippen LogP contribution in [0.5, 0.6) is 11.5 Å². The highest BCUT2D eigenvalue weighted by atomic mass is 35.5. The van der Waals surface area contributed by atoms with Crippen LogP contribution >= 0.6 is 11.6 Å². The lowest BCUT2D eigenvalue weighted by Gasteiger charge is -2.13. The molecule has 0 spiro atoms. The first-order chi connectivity index (χ1) is 11.6. The second-order valence-electron chi connectivity index (χ2n) is 5.08. The first kappa shape index (κ1) is 19.0. The van der Waals surface area contributed by atoms with Crippen LogP contribution in [0.25, 0.3) is 0 Å². The van der Waals surface area contributed by atoms with Crippen molar-refractivity contribution in [3.05, 3.63) is 53.1 Å². The molecule has 0 amide bonds. The third-order valence-corrected chi connectivity index (χ3v) is 3.33. The fourth-order valence-electron chi connectivity index (χ4n) is 1.92. The molecular weight excluding hydrogens is 367 g/mol. The summed E-state index contributed by atoms with van der Waals surface area (Å²) < 4.78 is 70.7. The molecule has 0 aliphatic carbocycles. The van der Waals surface area contributed by atoms with Crippen molar-refractivity contribution in [1.82, 2.24) is 0 Å². The molecule has 2 aromatic carbocycles. The van der Waals surface area contributed by atoms with Crippen LogP contribution in [0.4, 0.5) is 27.6 Å². The number of hydrogen-bond donors (Lipinski definition) is 1. The predicted molar refractivity (Wildman–Crippen MR) is 84.6 cm³/mol. The van der Waals surface area contributed by atoms with E-state index < -0.39 is 29.1 Å². The lowest BCUT2D eigenvalue weighted by molar-refractivity contribution is -0.138. The second-order valence-corrected chi connectivity index (χ2v) is 5.34. The van der Waals surface area contributed by atoms with Crippen molar-refractivity contribution in [2.24, 2.45) is 10.7 Å². The highest BCUT2D eigenvalue weighted by molar-refractivity contribution is 6.28. The number of halogens is 6. The fourth-order valence-corrected chi connectivity index (χ4v) is 1.98. The van der Waals surface area contributed by atoms with Gasteiger partial charge >= 0.3 is 6.18 Å². The average Bonchev–Trinajstić information content (AvgIpc) is 2.51. The van der Waals surface area contributed by atoms with Gasteiger partial charge in [-0.25, -0.2) is 13.8 Å². The molecule has 0 saturated carbocycles. The molecule has 0 aliphatic heterocycles. The van der Waals surface area contributed by atoms with Gasteiger partial charge in [0.25, 0.3) is 0 Å². The van der Waals surface area contributed by atoms with E-state index in [4.69, 9.17) is 22.1 Å². The van der Waals surface area contributed by atoms with Gasteiger partial charge in [-0.2, -0.15) is 13.2 Å². The molecule has 0 saturated heterocycles. The summed E-state index contributed by atoms with van der Waals surface area (Å²) >= 11 is 5.54. The van der Waals surface area contributed by atoms with Crippen LogP contribution in [-0.2, 0) is 6.18 Å². The average molecular weight is 379 g/mol. The van der Waals surface area contributed by atoms with Crippen LogP contribution in [0.1, 0.15) is 11.1 Å². The molecular formula is C16H12ClF5N2O. The number of aliphatic imine (C=N–C) groups is 1. The highest BCUT2D eigenvalue weighted by Gasteiger charge is 2.33. The van der Waals surface area contributed by atoms with Crippen LogP contribution in [0.3, 0.4) is 0 Å². The zero-order chi connectivity index (χ0) is 18.8. The molecule has 0 aromatic heterocycles. The van der Waals surface area contributed by atoms with E-state index in [1.54, 1.807) is 13.0 Å². The quantitative estimate of drug-likeness (QED) is 0.339. The molecule has 2 rings (SSSR count). The van der Waals surface area contributed by atoms with Crippen LogP contribution in [0.2, 0.25) is 0 Å². The smallest absolute Gasteiger partial charge is 0.416 e. The molecule has 0 radical (unpaired) electrons. The van der Waals surface area contributed by atoms with Crippen LogP contribution in [0, 0.1) is 18.6 Å². The van der Waals surface area contributed by atoms with E-state index in [0.29, 0.717) is 0 Å². The number of ether oxygens (including phenoxy) is 1. The fraction of sp³-hybridized carbons (Fsp3) is 0.188. The van der Waals surface area contributed by atoms with Gasteiger partial charge in [0.15, 0.2) is 23.1 Å². The van der Waals surface area contributed by atoms with Gasteiger partial charge in [0.05, 0.1) is 11.4 Å². The summed E-state index contributed by atoms with van der Waals surface area (Å²) in [6.07, 6.45) is -4.88. The number of nitrogens with two attached hydrogens (primary N) is 1. The Bertz CT molecular complexity index is 798. The van der Waals surface area contributed by atoms with Gasteiger partial charge in [0.2, 0.25) is 0 Å². The minimum absolute atomic E-state index is 0.0329. The van der Waals surface area contributed by atoms with Crippen molar-refractivity contribution in [3.8, 4) is 11.5 Å². The monoisotopic (exact) mass is 378 g/mol. The maximum atomic E-state index is 13.9. The Labute approximate surface area is 144 Å². The minimum Gasteiger partial charge on any atom is -0.449 e. The predicted octanol–water partition coefficient (Wildman–Crippen LogP) is 5.31. The topological polar surface area (TPSA) is 47.6 Å². The maximum absolute atomic E-state index is 13.9. The molecule has 3 nitrogen and oxygen atoms in total. The first-order valence-electron chi connectivity index (χ1n) is 6.85. The van der Waals surface area contributed by atoms with Crippen molar-refractivity contribution >= 4 is 23.1 Å². The van der Waals surface area contributed by atoms with Crippen molar-refractivity contribution in [1.29, 1.82) is 0 Å². The van der Waals surface area contributed by atoms with E-state index in [9.17, 15) is 22.0 Å². The summed E-state index contributed by atoms with van der Waals surface area (Å²) in [7, 11) is 0. The number of amidine groups is 1. The van der Waals surface area contributed by atoms with Gasteiger partial charge in [0, 0.05) is 0 Å². The summed E-state index contributed by atoms with van der Waals surface area (Å²) in [5.41, 5.74) is 4.97. The normalized spacial score (nSPS) is 12.4. The summed E-state index contributed by atoms with van der Waals surface area (Å²) in [5.74, 6) is -4.10. The van der Waals surface area contributed by atoms with E-state index in [2.05, 4.69) is 4.99 Å². The summed E-state index contributed by atoms with van der Waals surface area (Å²) in [5, 5.41) is 0. The molecule has 25 heavy (non-hydrogen) atoms. The van der Waals surface area contributed by atoms with E-state index in [1.807, 2.05) is 0 Å². The van der Waals surface area contributed by atoms with Crippen molar-refractivity contribution in [2.75, 3.05) is 5.88 Å². The van der Waals surface area contributed by atoms with Crippen LogP contribution < -0.4 is 10.5 Å². The zero-order valence-corrected chi connectivity index (χ0v) is 13.6. The van der Waals surface area contributed by atoms with E-state index in [1.165, 1.54) is 12.1 Å². The van der Waals surface area contributed by atoms with Crippen molar-refractivity contribution in [2.45, 2.75) is 13.1 Å². The number of hydrogen-bond acceptors (Lipinski definition) is 2. The first-order valence-corrected chi connectivity index (χ1v) is 7.39. The largest absolute Gasteiger partial charge is 0.449 e. The molecule has 0 atom stereocenters. The number of alkyl halides is 4. The molecule has 2 aromatic rings. The molecule has 0 bridgehead atoms. The summed E-state index contributed by atoms with van der Waals surface area (Å²) in [4.78, 5) is 3.96. The molecule has 0 aliphatic rings. The van der Waals surface area contributed by atoms with Crippen molar-refractivity contribution in [3.63, 3.8) is 0 Å². The Morgan fingerprint density at radius 1 is 1.16 bits per heavy atom. The molecule has 134 valence electrons. The lowest BCUT2D eigenvalue weighted by Crippen LogP contribution is -2.12. The molecule has 0 heterocycles. The standard InChI is InChI=1S/C16H12ClF5N2O/c1-8-2-3-13(12(4-8)24-14(23)7-17)25-15-10(18)5-9(6-11(15)19)16(20,21)22/h2-6H,7H2,1H3,(H2,23,24). The maximum Gasteiger partial charge on any atom is 0.416 e. The van der Waals surface area contributed by atoms with Gasteiger partial charge in [0.1, 0.15) is 11.5 Å². The number of aryl methyl sites for hydroxylation is 1. The van der Waals surface area contributed by atoms with E-state index in [-0.39, 0.29) is 35.3 Å². The number of benzene rings is 2. The van der Waals surface area contributed by atoms with E-state index >= 15 is 0 Å². The SMILES string of the molecule is Cc1ccc(Oc2c(F)cc(C(F)(F)F)cc2F)c(N=C(N)CCl)c1. The van der Waals surface area contributed by atoms with Gasteiger partial charge in [-0.1, -0.05) is 6.07 Å². The number of nitrogens with zero attached hydrogens (tertiary/aromatic N) is 1. The molecule has 0 unspecified atom stereocenters. The minimum atomic E-state index is -4.88. The Kier molecular flexibility index (Phi) is 5.52. The highest BCUT2D eigenvalue weighted by Crippen LogP contribution is 2.38. The van der Waals surface area contributed by atoms with E-state index in [0.717, 1.165) is 5.56 Å². The lowest BCUT2D eigenvalue weighted by atomic mass is 10.2. The zero-order valence-electron chi connectivity index (χ0n) is 12.8.